The van der Waals surface area contributed by atoms with Gasteiger partial charge in [-0.15, -0.1) is 0 Å². The van der Waals surface area contributed by atoms with Crippen LogP contribution in [0.15, 0.2) is 53.5 Å². The van der Waals surface area contributed by atoms with E-state index in [0.29, 0.717) is 28.9 Å². The van der Waals surface area contributed by atoms with E-state index >= 15 is 0 Å². The van der Waals surface area contributed by atoms with Crippen molar-refractivity contribution in [3.8, 4) is 17.3 Å². The number of nitrogens with one attached hydrogen (secondary N) is 1. The summed E-state index contributed by atoms with van der Waals surface area (Å²) in [7, 11) is 0. The van der Waals surface area contributed by atoms with Gasteiger partial charge in [-0.3, -0.25) is 9.89 Å². The summed E-state index contributed by atoms with van der Waals surface area (Å²) in [5.74, 6) is 0. The van der Waals surface area contributed by atoms with Gasteiger partial charge in [0.25, 0.3) is 5.56 Å². The molecule has 1 aromatic carbocycles. The Morgan fingerprint density at radius 3 is 2.82 bits per heavy atom. The molecule has 0 spiro atoms. The number of hydrogen-bond acceptors (Lipinski definition) is 3. The number of nitrogens with zero attached hydrogens (tertiary/aromatic N) is 3. The van der Waals surface area contributed by atoms with Crippen molar-refractivity contribution in [2.24, 2.45) is 0 Å². The van der Waals surface area contributed by atoms with Crippen molar-refractivity contribution in [2.45, 2.75) is 13.3 Å². The van der Waals surface area contributed by atoms with Crippen LogP contribution >= 0.6 is 0 Å². The lowest BCUT2D eigenvalue weighted by molar-refractivity contribution is 0.879. The molecule has 1 N–H and O–H groups in total. The van der Waals surface area contributed by atoms with E-state index < -0.39 is 0 Å². The van der Waals surface area contributed by atoms with E-state index in [-0.39, 0.29) is 5.56 Å². The number of nitriles is 1. The van der Waals surface area contributed by atoms with Crippen LogP contribution in [0.5, 0.6) is 0 Å². The van der Waals surface area contributed by atoms with Gasteiger partial charge in [-0.2, -0.15) is 5.26 Å². The molecule has 0 aliphatic carbocycles. The van der Waals surface area contributed by atoms with E-state index in [1.54, 1.807) is 0 Å². The van der Waals surface area contributed by atoms with Crippen LogP contribution in [0.3, 0.4) is 0 Å². The Kier molecular flexibility index (Phi) is 3.58. The van der Waals surface area contributed by atoms with E-state index in [4.69, 9.17) is 5.26 Å². The molecule has 0 amide bonds. The minimum Gasteiger partial charge on any atom is -0.295 e. The zero-order valence-electron chi connectivity index (χ0n) is 12.1. The monoisotopic (exact) mass is 290 g/mol. The van der Waals surface area contributed by atoms with Crippen molar-refractivity contribution in [1.29, 1.82) is 5.26 Å². The number of aromatic nitrogens is 3. The third-order valence-corrected chi connectivity index (χ3v) is 3.48. The van der Waals surface area contributed by atoms with Crippen molar-refractivity contribution in [1.82, 2.24) is 14.6 Å². The number of fused-ring (bicyclic) bond motifs is 1. The van der Waals surface area contributed by atoms with Crippen LogP contribution in [-0.4, -0.2) is 14.6 Å². The molecule has 0 unspecified atom stereocenters. The van der Waals surface area contributed by atoms with Gasteiger partial charge in [-0.25, -0.2) is 9.50 Å². The van der Waals surface area contributed by atoms with Crippen LogP contribution < -0.4 is 5.56 Å². The fourth-order valence-corrected chi connectivity index (χ4v) is 2.39. The fraction of sp³-hybridized carbons (Fsp3) is 0.118. The van der Waals surface area contributed by atoms with Crippen LogP contribution in [-0.2, 0) is 6.42 Å². The Labute approximate surface area is 127 Å². The number of rotatable bonds is 3. The Bertz CT molecular complexity index is 942. The average Bonchev–Trinajstić information content (AvgIpc) is 2.98. The quantitative estimate of drug-likeness (QED) is 0.754. The normalized spacial score (nSPS) is 11.1. The molecule has 0 radical (unpaired) electrons. The van der Waals surface area contributed by atoms with Gasteiger partial charge in [0.05, 0.1) is 5.69 Å². The second-order valence-corrected chi connectivity index (χ2v) is 4.84. The SMILES string of the molecule is C/C=C/Cc1c(-c2ccccc2)nc2c(C#N)c[nH]n2c1=O. The summed E-state index contributed by atoms with van der Waals surface area (Å²) in [5, 5.41) is 11.9. The molecule has 2 heterocycles. The van der Waals surface area contributed by atoms with E-state index in [1.807, 2.05) is 49.4 Å². The number of H-pyrrole nitrogens is 1. The molecular formula is C17H14N4O. The lowest BCUT2D eigenvalue weighted by atomic mass is 10.0. The zero-order valence-corrected chi connectivity index (χ0v) is 12.1. The lowest BCUT2D eigenvalue weighted by Crippen LogP contribution is -2.21. The van der Waals surface area contributed by atoms with Gasteiger partial charge in [0.1, 0.15) is 11.6 Å². The smallest absolute Gasteiger partial charge is 0.276 e. The van der Waals surface area contributed by atoms with Gasteiger partial charge >= 0.3 is 0 Å². The molecule has 2 aromatic heterocycles. The highest BCUT2D eigenvalue weighted by Gasteiger charge is 2.16. The Hall–Kier alpha value is -3.13. The third-order valence-electron chi connectivity index (χ3n) is 3.48. The van der Waals surface area contributed by atoms with E-state index in [0.717, 1.165) is 5.56 Å². The molecule has 3 rings (SSSR count). The lowest BCUT2D eigenvalue weighted by Gasteiger charge is -2.07. The summed E-state index contributed by atoms with van der Waals surface area (Å²) >= 11 is 0. The second-order valence-electron chi connectivity index (χ2n) is 4.84. The van der Waals surface area contributed by atoms with Crippen LogP contribution in [0.4, 0.5) is 0 Å². The van der Waals surface area contributed by atoms with Gasteiger partial charge < -0.3 is 0 Å². The molecule has 5 nitrogen and oxygen atoms in total. The number of allylic oxidation sites excluding steroid dienone is 2. The minimum absolute atomic E-state index is 0.177. The van der Waals surface area contributed by atoms with Crippen molar-refractivity contribution in [3.63, 3.8) is 0 Å². The summed E-state index contributed by atoms with van der Waals surface area (Å²) in [6.07, 6.45) is 5.82. The van der Waals surface area contributed by atoms with Crippen LogP contribution in [0, 0.1) is 11.3 Å². The zero-order chi connectivity index (χ0) is 15.5. The van der Waals surface area contributed by atoms with Crippen molar-refractivity contribution < 1.29 is 0 Å². The van der Waals surface area contributed by atoms with E-state index in [2.05, 4.69) is 16.2 Å². The highest BCUT2D eigenvalue weighted by Crippen LogP contribution is 2.21. The molecule has 5 heteroatoms. The Morgan fingerprint density at radius 2 is 2.14 bits per heavy atom. The first-order valence-corrected chi connectivity index (χ1v) is 6.96. The first-order valence-electron chi connectivity index (χ1n) is 6.96. The van der Waals surface area contributed by atoms with E-state index in [9.17, 15) is 4.79 Å². The summed E-state index contributed by atoms with van der Waals surface area (Å²) in [4.78, 5) is 17.3. The Morgan fingerprint density at radius 1 is 1.36 bits per heavy atom. The topological polar surface area (TPSA) is 73.9 Å². The molecule has 108 valence electrons. The molecule has 0 fully saturated rings. The van der Waals surface area contributed by atoms with Crippen molar-refractivity contribution in [2.75, 3.05) is 0 Å². The number of aromatic amines is 1. The predicted octanol–water partition coefficient (Wildman–Crippen LogP) is 2.68. The highest BCUT2D eigenvalue weighted by atomic mass is 16.1. The Balaban J connectivity index is 2.37. The third kappa shape index (κ3) is 2.21. The predicted molar refractivity (Wildman–Crippen MR) is 84.5 cm³/mol. The first-order chi connectivity index (χ1) is 10.8. The minimum atomic E-state index is -0.177. The van der Waals surface area contributed by atoms with Gasteiger partial charge in [-0.05, 0) is 13.3 Å². The summed E-state index contributed by atoms with van der Waals surface area (Å²) in [5.41, 5.74) is 2.63. The molecule has 0 atom stereocenters. The summed E-state index contributed by atoms with van der Waals surface area (Å²) < 4.78 is 1.32. The molecule has 0 bridgehead atoms. The molecular weight excluding hydrogens is 276 g/mol. The van der Waals surface area contributed by atoms with Gasteiger partial charge in [0.2, 0.25) is 0 Å². The molecule has 0 saturated heterocycles. The second kappa shape index (κ2) is 5.70. The van der Waals surface area contributed by atoms with Crippen LogP contribution in [0.25, 0.3) is 16.9 Å². The van der Waals surface area contributed by atoms with E-state index in [1.165, 1.54) is 10.7 Å². The maximum Gasteiger partial charge on any atom is 0.276 e. The molecule has 0 aliphatic rings. The van der Waals surface area contributed by atoms with Crippen LogP contribution in [0.2, 0.25) is 0 Å². The molecule has 22 heavy (non-hydrogen) atoms. The standard InChI is InChI=1S/C17H14N4O/c1-2-3-9-14-15(12-7-5-4-6-8-12)20-16-13(10-18)11-19-21(16)17(14)22/h2-8,11,19H,9H2,1H3/b3-2+. The number of benzene rings is 1. The average molecular weight is 290 g/mol. The van der Waals surface area contributed by atoms with Gasteiger partial charge in [-0.1, -0.05) is 42.5 Å². The summed E-state index contributed by atoms with van der Waals surface area (Å²) in [6, 6.07) is 11.6. The fourth-order valence-electron chi connectivity index (χ4n) is 2.39. The number of hydrogen-bond donors (Lipinski definition) is 1. The van der Waals surface area contributed by atoms with Gasteiger partial charge in [0.15, 0.2) is 5.65 Å². The van der Waals surface area contributed by atoms with Crippen molar-refractivity contribution in [3.05, 3.63) is 70.2 Å². The molecule has 3 aromatic rings. The maximum atomic E-state index is 12.7. The maximum absolute atomic E-state index is 12.7. The largest absolute Gasteiger partial charge is 0.295 e. The highest BCUT2D eigenvalue weighted by molar-refractivity contribution is 5.67. The van der Waals surface area contributed by atoms with Crippen molar-refractivity contribution >= 4 is 5.65 Å². The van der Waals surface area contributed by atoms with Gasteiger partial charge in [0, 0.05) is 17.3 Å². The first kappa shape index (κ1) is 13.8. The summed E-state index contributed by atoms with van der Waals surface area (Å²) in [6.45, 7) is 1.91. The van der Waals surface area contributed by atoms with Crippen LogP contribution in [0.1, 0.15) is 18.1 Å². The molecule has 0 aliphatic heterocycles. The molecule has 0 saturated carbocycles.